The number of nitrogens with one attached hydrogen (secondary N) is 4. The summed E-state index contributed by atoms with van der Waals surface area (Å²) in [6.07, 6.45) is 4.59. The van der Waals surface area contributed by atoms with Crippen LogP contribution in [0.4, 0.5) is 0 Å². The molecule has 1 aromatic heterocycles. The highest BCUT2D eigenvalue weighted by Gasteiger charge is 2.24. The number of carbonyl (C=O) groups excluding carboxylic acids is 1. The molecule has 1 amide bonds. The van der Waals surface area contributed by atoms with Gasteiger partial charge >= 0.3 is 5.97 Å². The van der Waals surface area contributed by atoms with Crippen molar-refractivity contribution in [2.24, 2.45) is 11.5 Å². The number of amides is 1. The number of fused-ring (bicyclic) bond motifs is 1. The number of aromatic nitrogens is 2. The van der Waals surface area contributed by atoms with E-state index in [-0.39, 0.29) is 18.9 Å². The highest BCUT2D eigenvalue weighted by molar-refractivity contribution is 6.10. The summed E-state index contributed by atoms with van der Waals surface area (Å²) in [6.45, 7) is 0.465. The van der Waals surface area contributed by atoms with Crippen LogP contribution in [0.1, 0.15) is 40.2 Å². The van der Waals surface area contributed by atoms with Crippen LogP contribution in [0.2, 0.25) is 0 Å². The third-order valence-corrected chi connectivity index (χ3v) is 5.16. The fraction of sp³-hybridized carbons (Fsp3) is 0.273. The Labute approximate surface area is 184 Å². The molecule has 0 radical (unpaired) electrons. The predicted octanol–water partition coefficient (Wildman–Crippen LogP) is 1.06. The molecule has 2 aromatic carbocycles. The van der Waals surface area contributed by atoms with Gasteiger partial charge in [-0.3, -0.25) is 10.2 Å². The Hall–Kier alpha value is -3.92. The van der Waals surface area contributed by atoms with Gasteiger partial charge in [0.25, 0.3) is 5.91 Å². The van der Waals surface area contributed by atoms with Crippen molar-refractivity contribution < 1.29 is 14.7 Å². The highest BCUT2D eigenvalue weighted by atomic mass is 16.4. The number of hydrogen-bond acceptors (Lipinski definition) is 5. The van der Waals surface area contributed by atoms with Crippen LogP contribution in [0, 0.1) is 5.41 Å². The van der Waals surface area contributed by atoms with Gasteiger partial charge in [-0.1, -0.05) is 30.3 Å². The first-order valence-electron chi connectivity index (χ1n) is 10.2. The summed E-state index contributed by atoms with van der Waals surface area (Å²) in [6, 6.07) is 8.28. The number of guanidine groups is 1. The number of aromatic amines is 1. The molecular weight excluding hydrogens is 410 g/mol. The van der Waals surface area contributed by atoms with Crippen molar-refractivity contribution in [2.75, 3.05) is 6.54 Å². The molecule has 168 valence electrons. The third-order valence-electron chi connectivity index (χ3n) is 5.16. The van der Waals surface area contributed by atoms with Gasteiger partial charge in [0, 0.05) is 31.9 Å². The Morgan fingerprint density at radius 3 is 2.59 bits per heavy atom. The first-order chi connectivity index (χ1) is 15.4. The number of benzene rings is 2. The maximum absolute atomic E-state index is 13.2. The standard InChI is InChI=1S/C22H27N7O3/c23-12-14-10-13(11-18-26-8-9-27-18)15-4-1-2-5-16(15)19(14)20(30)29-17(21(31)32)6-3-7-28-22(24)25/h1-2,4-5,8-10,17H,3,6-7,11-12,23H2,(H,26,27)(H,29,30)(H,31,32)(H4,24,25,28)/t17-/m0/s1. The van der Waals surface area contributed by atoms with Gasteiger partial charge in [0.2, 0.25) is 0 Å². The van der Waals surface area contributed by atoms with Crippen LogP contribution in [-0.4, -0.2) is 45.5 Å². The van der Waals surface area contributed by atoms with Crippen LogP contribution in [0.15, 0.2) is 42.7 Å². The number of carboxylic acid groups (broad SMARTS) is 1. The summed E-state index contributed by atoms with van der Waals surface area (Å²) < 4.78 is 0. The van der Waals surface area contributed by atoms with E-state index in [0.717, 1.165) is 16.8 Å². The molecule has 0 aliphatic rings. The summed E-state index contributed by atoms with van der Waals surface area (Å²) in [5.41, 5.74) is 13.2. The van der Waals surface area contributed by atoms with E-state index in [1.165, 1.54) is 0 Å². The zero-order valence-electron chi connectivity index (χ0n) is 17.5. The van der Waals surface area contributed by atoms with E-state index in [9.17, 15) is 14.7 Å². The summed E-state index contributed by atoms with van der Waals surface area (Å²) in [7, 11) is 0. The van der Waals surface area contributed by atoms with Crippen molar-refractivity contribution in [3.63, 3.8) is 0 Å². The quantitative estimate of drug-likeness (QED) is 0.140. The molecule has 10 nitrogen and oxygen atoms in total. The molecular formula is C22H27N7O3. The molecule has 1 atom stereocenters. The van der Waals surface area contributed by atoms with Crippen LogP contribution in [0.5, 0.6) is 0 Å². The average molecular weight is 438 g/mol. The Morgan fingerprint density at radius 2 is 1.97 bits per heavy atom. The molecule has 3 rings (SSSR count). The van der Waals surface area contributed by atoms with Crippen LogP contribution in [0.3, 0.4) is 0 Å². The molecule has 0 spiro atoms. The number of carboxylic acids is 1. The molecule has 9 N–H and O–H groups in total. The van der Waals surface area contributed by atoms with Crippen LogP contribution >= 0.6 is 0 Å². The number of carbonyl (C=O) groups is 2. The van der Waals surface area contributed by atoms with Crippen molar-refractivity contribution in [1.82, 2.24) is 20.6 Å². The highest BCUT2D eigenvalue weighted by Crippen LogP contribution is 2.28. The van der Waals surface area contributed by atoms with E-state index < -0.39 is 17.9 Å². The van der Waals surface area contributed by atoms with Crippen molar-refractivity contribution in [3.05, 3.63) is 65.2 Å². The monoisotopic (exact) mass is 437 g/mol. The summed E-state index contributed by atoms with van der Waals surface area (Å²) in [4.78, 5) is 32.3. The summed E-state index contributed by atoms with van der Waals surface area (Å²) in [5.74, 6) is -1.01. The van der Waals surface area contributed by atoms with Gasteiger partial charge < -0.3 is 32.2 Å². The average Bonchev–Trinajstić information content (AvgIpc) is 3.28. The molecule has 10 heteroatoms. The number of hydrogen-bond donors (Lipinski definition) is 7. The van der Waals surface area contributed by atoms with Gasteiger partial charge in [-0.15, -0.1) is 0 Å². The van der Waals surface area contributed by atoms with E-state index in [2.05, 4.69) is 20.6 Å². The van der Waals surface area contributed by atoms with Crippen LogP contribution in [-0.2, 0) is 17.8 Å². The first kappa shape index (κ1) is 22.8. The lowest BCUT2D eigenvalue weighted by Crippen LogP contribution is -2.42. The van der Waals surface area contributed by atoms with E-state index in [1.807, 2.05) is 30.3 Å². The minimum Gasteiger partial charge on any atom is -0.480 e. The molecule has 1 heterocycles. The fourth-order valence-electron chi connectivity index (χ4n) is 3.68. The summed E-state index contributed by atoms with van der Waals surface area (Å²) >= 11 is 0. The minimum atomic E-state index is -1.13. The molecule has 0 saturated carbocycles. The van der Waals surface area contributed by atoms with Gasteiger partial charge in [-0.2, -0.15) is 0 Å². The molecule has 32 heavy (non-hydrogen) atoms. The van der Waals surface area contributed by atoms with E-state index in [0.29, 0.717) is 35.9 Å². The molecule has 0 fully saturated rings. The van der Waals surface area contributed by atoms with Gasteiger partial charge in [0.05, 0.1) is 5.56 Å². The van der Waals surface area contributed by atoms with Gasteiger partial charge in [-0.05, 0) is 34.7 Å². The summed E-state index contributed by atoms with van der Waals surface area (Å²) in [5, 5.41) is 23.6. The first-order valence-corrected chi connectivity index (χ1v) is 10.2. The van der Waals surface area contributed by atoms with Gasteiger partial charge in [-0.25, -0.2) is 9.78 Å². The number of nitrogens with two attached hydrogens (primary N) is 2. The SMILES string of the molecule is N=C(N)NCCC[C@H](NC(=O)c1c(CN)cc(Cc2ncc[nH]2)c2ccccc12)C(=O)O. The van der Waals surface area contributed by atoms with Crippen molar-refractivity contribution in [1.29, 1.82) is 5.41 Å². The largest absolute Gasteiger partial charge is 0.480 e. The maximum Gasteiger partial charge on any atom is 0.326 e. The van der Waals surface area contributed by atoms with E-state index in [4.69, 9.17) is 16.9 Å². The number of aliphatic carboxylic acids is 1. The van der Waals surface area contributed by atoms with Crippen LogP contribution in [0.25, 0.3) is 10.8 Å². The Morgan fingerprint density at radius 1 is 1.22 bits per heavy atom. The van der Waals surface area contributed by atoms with E-state index >= 15 is 0 Å². The predicted molar refractivity (Wildman–Crippen MR) is 121 cm³/mol. The Kier molecular flexibility index (Phi) is 7.40. The van der Waals surface area contributed by atoms with Crippen molar-refractivity contribution in [2.45, 2.75) is 31.8 Å². The second kappa shape index (κ2) is 10.4. The van der Waals surface area contributed by atoms with E-state index in [1.54, 1.807) is 12.4 Å². The number of H-pyrrole nitrogens is 1. The Balaban J connectivity index is 1.90. The fourth-order valence-corrected chi connectivity index (χ4v) is 3.68. The normalized spacial score (nSPS) is 11.8. The van der Waals surface area contributed by atoms with Crippen molar-refractivity contribution in [3.8, 4) is 0 Å². The number of imidazole rings is 1. The molecule has 0 aliphatic heterocycles. The molecule has 0 saturated heterocycles. The molecule has 0 unspecified atom stereocenters. The minimum absolute atomic E-state index is 0.124. The van der Waals surface area contributed by atoms with Gasteiger partial charge in [0.15, 0.2) is 5.96 Å². The molecule has 3 aromatic rings. The van der Waals surface area contributed by atoms with Gasteiger partial charge in [0.1, 0.15) is 11.9 Å². The topological polar surface area (TPSA) is 183 Å². The lowest BCUT2D eigenvalue weighted by atomic mass is 9.92. The number of rotatable bonds is 10. The number of nitrogens with zero attached hydrogens (tertiary/aromatic N) is 1. The molecule has 0 aliphatic carbocycles. The Bertz CT molecular complexity index is 1110. The van der Waals surface area contributed by atoms with Crippen LogP contribution < -0.4 is 22.1 Å². The second-order valence-corrected chi connectivity index (χ2v) is 7.38. The zero-order valence-corrected chi connectivity index (χ0v) is 17.5. The smallest absolute Gasteiger partial charge is 0.326 e. The lowest BCUT2D eigenvalue weighted by molar-refractivity contribution is -0.139. The maximum atomic E-state index is 13.2. The zero-order chi connectivity index (χ0) is 23.1. The molecule has 0 bridgehead atoms. The van der Waals surface area contributed by atoms with Crippen molar-refractivity contribution >= 4 is 28.6 Å². The third kappa shape index (κ3) is 5.41. The second-order valence-electron chi connectivity index (χ2n) is 7.38. The lowest BCUT2D eigenvalue weighted by Gasteiger charge is -2.19.